The van der Waals surface area contributed by atoms with Crippen LogP contribution in [-0.4, -0.2) is 56.4 Å². The van der Waals surface area contributed by atoms with Gasteiger partial charge in [0, 0.05) is 26.3 Å². The Hall–Kier alpha value is -0.820. The third-order valence-electron chi connectivity index (χ3n) is 3.25. The van der Waals surface area contributed by atoms with Crippen LogP contribution in [0.1, 0.15) is 26.2 Å². The summed E-state index contributed by atoms with van der Waals surface area (Å²) in [7, 11) is 0. The fourth-order valence-electron chi connectivity index (χ4n) is 2.31. The van der Waals surface area contributed by atoms with E-state index < -0.39 is 18.6 Å². The number of carbonyl (C=O) groups is 1. The average molecular weight is 296 g/mol. The Kier molecular flexibility index (Phi) is 7.29. The van der Waals surface area contributed by atoms with Crippen molar-refractivity contribution in [2.75, 3.05) is 39.4 Å². The molecule has 1 amide bonds. The maximum Gasteiger partial charge on any atom is 0.406 e. The predicted molar refractivity (Wildman–Crippen MR) is 69.3 cm³/mol. The monoisotopic (exact) mass is 296 g/mol. The molecule has 0 spiro atoms. The predicted octanol–water partition coefficient (Wildman–Crippen LogP) is 1.80. The van der Waals surface area contributed by atoms with Crippen LogP contribution in [0.15, 0.2) is 0 Å². The molecule has 0 aromatic carbocycles. The first-order valence-electron chi connectivity index (χ1n) is 7.08. The van der Waals surface area contributed by atoms with Gasteiger partial charge in [0.05, 0.1) is 5.92 Å². The molecule has 1 aliphatic rings. The first-order valence-corrected chi connectivity index (χ1v) is 7.08. The average Bonchev–Trinajstić information content (AvgIpc) is 2.41. The summed E-state index contributed by atoms with van der Waals surface area (Å²) in [6.07, 6.45) is -2.44. The van der Waals surface area contributed by atoms with E-state index in [0.717, 1.165) is 17.9 Å². The van der Waals surface area contributed by atoms with Gasteiger partial charge in [-0.15, -0.1) is 0 Å². The lowest BCUT2D eigenvalue weighted by molar-refractivity contribution is -0.164. The van der Waals surface area contributed by atoms with Gasteiger partial charge < -0.3 is 15.0 Å². The molecule has 1 saturated heterocycles. The van der Waals surface area contributed by atoms with E-state index >= 15 is 0 Å². The zero-order chi connectivity index (χ0) is 15.0. The van der Waals surface area contributed by atoms with E-state index in [0.29, 0.717) is 32.6 Å². The van der Waals surface area contributed by atoms with E-state index in [2.05, 4.69) is 5.32 Å². The highest BCUT2D eigenvalue weighted by Gasteiger charge is 2.35. The summed E-state index contributed by atoms with van der Waals surface area (Å²) in [5, 5.41) is 3.06. The Labute approximate surface area is 117 Å². The first kappa shape index (κ1) is 17.2. The molecule has 1 aliphatic heterocycles. The van der Waals surface area contributed by atoms with Crippen LogP contribution in [0, 0.1) is 5.92 Å². The SMILES string of the molecule is CCOCCCN(CC(F)(F)F)C(=O)C1CCCNC1. The second-order valence-electron chi connectivity index (χ2n) is 4.97. The van der Waals surface area contributed by atoms with Crippen LogP contribution in [0.25, 0.3) is 0 Å². The normalized spacial score (nSPS) is 19.9. The second-order valence-corrected chi connectivity index (χ2v) is 4.97. The number of hydrogen-bond donors (Lipinski definition) is 1. The molecule has 0 aromatic heterocycles. The van der Waals surface area contributed by atoms with E-state index in [4.69, 9.17) is 4.74 Å². The number of piperidine rings is 1. The highest BCUT2D eigenvalue weighted by Crippen LogP contribution is 2.20. The molecule has 4 nitrogen and oxygen atoms in total. The van der Waals surface area contributed by atoms with Crippen molar-refractivity contribution < 1.29 is 22.7 Å². The summed E-state index contributed by atoms with van der Waals surface area (Å²) in [6, 6.07) is 0. The number of amides is 1. The molecule has 7 heteroatoms. The van der Waals surface area contributed by atoms with Crippen molar-refractivity contribution in [3.05, 3.63) is 0 Å². The Morgan fingerprint density at radius 1 is 1.45 bits per heavy atom. The molecule has 1 rings (SSSR count). The van der Waals surface area contributed by atoms with Gasteiger partial charge in [0.2, 0.25) is 5.91 Å². The van der Waals surface area contributed by atoms with Crippen molar-refractivity contribution in [1.29, 1.82) is 0 Å². The quantitative estimate of drug-likeness (QED) is 0.729. The van der Waals surface area contributed by atoms with Gasteiger partial charge in [-0.3, -0.25) is 4.79 Å². The molecule has 0 aliphatic carbocycles. The largest absolute Gasteiger partial charge is 0.406 e. The minimum Gasteiger partial charge on any atom is -0.382 e. The molecule has 0 saturated carbocycles. The van der Waals surface area contributed by atoms with Crippen LogP contribution < -0.4 is 5.32 Å². The maximum absolute atomic E-state index is 12.6. The van der Waals surface area contributed by atoms with E-state index in [1.54, 1.807) is 0 Å². The summed E-state index contributed by atoms with van der Waals surface area (Å²) >= 11 is 0. The van der Waals surface area contributed by atoms with Crippen molar-refractivity contribution >= 4 is 5.91 Å². The second kappa shape index (κ2) is 8.46. The molecule has 0 bridgehead atoms. The number of alkyl halides is 3. The summed E-state index contributed by atoms with van der Waals surface area (Å²) in [6.45, 7) is 2.95. The van der Waals surface area contributed by atoms with Crippen molar-refractivity contribution in [1.82, 2.24) is 10.2 Å². The van der Waals surface area contributed by atoms with Gasteiger partial charge in [-0.05, 0) is 32.7 Å². The van der Waals surface area contributed by atoms with Crippen LogP contribution in [-0.2, 0) is 9.53 Å². The molecule has 118 valence electrons. The number of carbonyl (C=O) groups excluding carboxylic acids is 1. The Morgan fingerprint density at radius 2 is 2.20 bits per heavy atom. The first-order chi connectivity index (χ1) is 9.44. The summed E-state index contributed by atoms with van der Waals surface area (Å²) < 4.78 is 42.8. The van der Waals surface area contributed by atoms with Gasteiger partial charge in [-0.2, -0.15) is 13.2 Å². The lowest BCUT2D eigenvalue weighted by Gasteiger charge is -2.30. The Balaban J connectivity index is 2.52. The number of nitrogens with one attached hydrogen (secondary N) is 1. The van der Waals surface area contributed by atoms with Gasteiger partial charge in [0.25, 0.3) is 0 Å². The number of rotatable bonds is 7. The zero-order valence-electron chi connectivity index (χ0n) is 11.8. The molecule has 20 heavy (non-hydrogen) atoms. The molecule has 0 radical (unpaired) electrons. The van der Waals surface area contributed by atoms with Gasteiger partial charge in [-0.1, -0.05) is 0 Å². The molecular weight excluding hydrogens is 273 g/mol. The summed E-state index contributed by atoms with van der Waals surface area (Å²) in [5.41, 5.74) is 0. The Bertz CT molecular complexity index is 292. The third-order valence-corrected chi connectivity index (χ3v) is 3.25. The van der Waals surface area contributed by atoms with Crippen LogP contribution in [0.3, 0.4) is 0 Å². The van der Waals surface area contributed by atoms with E-state index in [1.807, 2.05) is 6.92 Å². The minimum absolute atomic E-state index is 0.0921. The van der Waals surface area contributed by atoms with Crippen molar-refractivity contribution in [3.8, 4) is 0 Å². The highest BCUT2D eigenvalue weighted by molar-refractivity contribution is 5.79. The third kappa shape index (κ3) is 6.56. The number of ether oxygens (including phenoxy) is 1. The van der Waals surface area contributed by atoms with E-state index in [1.165, 1.54) is 0 Å². The highest BCUT2D eigenvalue weighted by atomic mass is 19.4. The number of nitrogens with zero attached hydrogens (tertiary/aromatic N) is 1. The van der Waals surface area contributed by atoms with Crippen molar-refractivity contribution in [2.24, 2.45) is 5.92 Å². The number of hydrogen-bond acceptors (Lipinski definition) is 3. The van der Waals surface area contributed by atoms with Gasteiger partial charge >= 0.3 is 6.18 Å². The zero-order valence-corrected chi connectivity index (χ0v) is 11.8. The molecule has 0 aromatic rings. The van der Waals surface area contributed by atoms with Crippen molar-refractivity contribution in [2.45, 2.75) is 32.4 Å². The molecular formula is C13H23F3N2O2. The van der Waals surface area contributed by atoms with Crippen LogP contribution in [0.4, 0.5) is 13.2 Å². The fraction of sp³-hybridized carbons (Fsp3) is 0.923. The molecule has 1 unspecified atom stereocenters. The lowest BCUT2D eigenvalue weighted by Crippen LogP contribution is -2.46. The Morgan fingerprint density at radius 3 is 2.75 bits per heavy atom. The van der Waals surface area contributed by atoms with Gasteiger partial charge in [-0.25, -0.2) is 0 Å². The topological polar surface area (TPSA) is 41.6 Å². The molecule has 1 N–H and O–H groups in total. The summed E-state index contributed by atoms with van der Waals surface area (Å²) in [5.74, 6) is -0.732. The van der Waals surface area contributed by atoms with Crippen LogP contribution >= 0.6 is 0 Å². The lowest BCUT2D eigenvalue weighted by atomic mass is 9.98. The molecule has 1 atom stereocenters. The van der Waals surface area contributed by atoms with Crippen LogP contribution in [0.5, 0.6) is 0 Å². The summed E-state index contributed by atoms with van der Waals surface area (Å²) in [4.78, 5) is 13.1. The van der Waals surface area contributed by atoms with Gasteiger partial charge in [0.1, 0.15) is 6.54 Å². The van der Waals surface area contributed by atoms with Crippen LogP contribution in [0.2, 0.25) is 0 Å². The van der Waals surface area contributed by atoms with E-state index in [-0.39, 0.29) is 12.5 Å². The standard InChI is InChI=1S/C13H23F3N2O2/c1-2-20-8-4-7-18(10-13(14,15)16)12(19)11-5-3-6-17-9-11/h11,17H,2-10H2,1H3. The minimum atomic E-state index is -4.36. The number of halogens is 3. The van der Waals surface area contributed by atoms with E-state index in [9.17, 15) is 18.0 Å². The fourth-order valence-corrected chi connectivity index (χ4v) is 2.31. The molecule has 1 heterocycles. The van der Waals surface area contributed by atoms with Gasteiger partial charge in [0.15, 0.2) is 0 Å². The molecule has 1 fully saturated rings. The smallest absolute Gasteiger partial charge is 0.382 e. The maximum atomic E-state index is 12.6. The van der Waals surface area contributed by atoms with Crippen molar-refractivity contribution in [3.63, 3.8) is 0 Å².